The number of hydrogen-bond acceptors (Lipinski definition) is 5. The van der Waals surface area contributed by atoms with Crippen molar-refractivity contribution in [1.82, 2.24) is 15.5 Å². The first-order valence-corrected chi connectivity index (χ1v) is 8.43. The molecule has 1 atom stereocenters. The molecule has 1 aromatic heterocycles. The number of rotatable bonds is 5. The summed E-state index contributed by atoms with van der Waals surface area (Å²) in [7, 11) is 0. The molecule has 1 N–H and O–H groups in total. The summed E-state index contributed by atoms with van der Waals surface area (Å²) in [5, 5.41) is 14.3. The van der Waals surface area contributed by atoms with Crippen molar-refractivity contribution in [2.24, 2.45) is 0 Å². The predicted octanol–water partition coefficient (Wildman–Crippen LogP) is 3.28. The molecule has 1 unspecified atom stereocenters. The molecule has 100 valence electrons. The van der Waals surface area contributed by atoms with Crippen LogP contribution >= 0.6 is 23.1 Å². The second kappa shape index (κ2) is 6.03. The maximum Gasteiger partial charge on any atom is 0.131 e. The molecule has 0 fully saturated rings. The number of benzene rings is 1. The number of aromatic nitrogens is 2. The number of nitrogens with zero attached hydrogens (tertiary/aromatic N) is 2. The standard InChI is InChI=1S/C14H17N3S2/c1-2-7-15-8-13-16-17-14(19-13)11-9-18-12-6-4-3-5-10(11)12/h3-6,11,15H,2,7-9H2,1H3. The zero-order valence-electron chi connectivity index (χ0n) is 10.9. The predicted molar refractivity (Wildman–Crippen MR) is 80.9 cm³/mol. The zero-order valence-corrected chi connectivity index (χ0v) is 12.6. The molecule has 0 saturated carbocycles. The van der Waals surface area contributed by atoms with Gasteiger partial charge in [-0.1, -0.05) is 36.5 Å². The molecule has 5 heteroatoms. The van der Waals surface area contributed by atoms with E-state index in [9.17, 15) is 0 Å². The van der Waals surface area contributed by atoms with Gasteiger partial charge >= 0.3 is 0 Å². The lowest BCUT2D eigenvalue weighted by Gasteiger charge is -2.05. The molecule has 2 aromatic rings. The first kappa shape index (κ1) is 13.1. The van der Waals surface area contributed by atoms with Crippen molar-refractivity contribution < 1.29 is 0 Å². The Bertz CT molecular complexity index is 553. The molecule has 0 bridgehead atoms. The monoisotopic (exact) mass is 291 g/mol. The van der Waals surface area contributed by atoms with Crippen molar-refractivity contribution in [2.45, 2.75) is 30.7 Å². The molecule has 0 amide bonds. The van der Waals surface area contributed by atoms with Gasteiger partial charge in [-0.25, -0.2) is 0 Å². The third-order valence-corrected chi connectivity index (χ3v) is 5.40. The summed E-state index contributed by atoms with van der Waals surface area (Å²) in [5.74, 6) is 1.52. The van der Waals surface area contributed by atoms with Gasteiger partial charge in [0, 0.05) is 23.1 Å². The lowest BCUT2D eigenvalue weighted by molar-refractivity contribution is 0.667. The highest BCUT2D eigenvalue weighted by Crippen LogP contribution is 2.43. The van der Waals surface area contributed by atoms with Crippen molar-refractivity contribution in [3.05, 3.63) is 39.8 Å². The molecule has 0 saturated heterocycles. The summed E-state index contributed by atoms with van der Waals surface area (Å²) in [6, 6.07) is 8.64. The molecule has 1 aliphatic rings. The van der Waals surface area contributed by atoms with Gasteiger partial charge in [0.25, 0.3) is 0 Å². The molecule has 1 aliphatic heterocycles. The maximum atomic E-state index is 4.39. The molecule has 19 heavy (non-hydrogen) atoms. The number of nitrogens with one attached hydrogen (secondary N) is 1. The molecule has 0 spiro atoms. The smallest absolute Gasteiger partial charge is 0.131 e. The fourth-order valence-electron chi connectivity index (χ4n) is 2.22. The summed E-state index contributed by atoms with van der Waals surface area (Å²) >= 11 is 3.67. The van der Waals surface area contributed by atoms with Crippen LogP contribution < -0.4 is 5.32 Å². The van der Waals surface area contributed by atoms with E-state index < -0.39 is 0 Å². The number of hydrogen-bond donors (Lipinski definition) is 1. The molecule has 1 aromatic carbocycles. The number of fused-ring (bicyclic) bond motifs is 1. The average Bonchev–Trinajstić information content (AvgIpc) is 3.05. The fourth-order valence-corrected chi connectivity index (χ4v) is 4.49. The van der Waals surface area contributed by atoms with E-state index in [-0.39, 0.29) is 0 Å². The zero-order chi connectivity index (χ0) is 13.1. The van der Waals surface area contributed by atoms with Crippen LogP contribution in [0.4, 0.5) is 0 Å². The topological polar surface area (TPSA) is 37.8 Å². The Hall–Kier alpha value is -0.910. The van der Waals surface area contributed by atoms with E-state index in [2.05, 4.69) is 46.7 Å². The number of thioether (sulfide) groups is 1. The fraction of sp³-hybridized carbons (Fsp3) is 0.429. The van der Waals surface area contributed by atoms with Crippen LogP contribution in [0.2, 0.25) is 0 Å². The first-order valence-electron chi connectivity index (χ1n) is 6.63. The van der Waals surface area contributed by atoms with Gasteiger partial charge in [-0.2, -0.15) is 0 Å². The lowest BCUT2D eigenvalue weighted by Crippen LogP contribution is -2.13. The Balaban J connectivity index is 1.74. The van der Waals surface area contributed by atoms with E-state index in [4.69, 9.17) is 0 Å². The van der Waals surface area contributed by atoms with Crippen LogP contribution in [0.1, 0.15) is 34.8 Å². The molecule has 2 heterocycles. The van der Waals surface area contributed by atoms with E-state index in [0.717, 1.165) is 35.3 Å². The van der Waals surface area contributed by atoms with Gasteiger partial charge in [0.05, 0.1) is 0 Å². The van der Waals surface area contributed by atoms with E-state index >= 15 is 0 Å². The molecule has 3 nitrogen and oxygen atoms in total. The van der Waals surface area contributed by atoms with Crippen LogP contribution in [-0.2, 0) is 6.54 Å². The highest BCUT2D eigenvalue weighted by Gasteiger charge is 2.27. The SMILES string of the molecule is CCCNCc1nnc(C2CSc3ccccc32)s1. The molecular weight excluding hydrogens is 274 g/mol. The first-order chi connectivity index (χ1) is 9.38. The van der Waals surface area contributed by atoms with Gasteiger partial charge in [0.2, 0.25) is 0 Å². The van der Waals surface area contributed by atoms with Crippen molar-refractivity contribution in [3.8, 4) is 0 Å². The van der Waals surface area contributed by atoms with Gasteiger partial charge in [-0.15, -0.1) is 22.0 Å². The molecular formula is C14H17N3S2. The van der Waals surface area contributed by atoms with Crippen molar-refractivity contribution in [1.29, 1.82) is 0 Å². The summed E-state index contributed by atoms with van der Waals surface area (Å²) < 4.78 is 0. The van der Waals surface area contributed by atoms with Gasteiger partial charge in [-0.05, 0) is 24.6 Å². The highest BCUT2D eigenvalue weighted by atomic mass is 32.2. The molecule has 0 aliphatic carbocycles. The quantitative estimate of drug-likeness (QED) is 0.858. The lowest BCUT2D eigenvalue weighted by atomic mass is 10.0. The van der Waals surface area contributed by atoms with E-state index in [1.165, 1.54) is 10.5 Å². The van der Waals surface area contributed by atoms with Crippen LogP contribution in [0.25, 0.3) is 0 Å². The average molecular weight is 291 g/mol. The second-order valence-electron chi connectivity index (χ2n) is 4.61. The van der Waals surface area contributed by atoms with E-state index in [0.29, 0.717) is 5.92 Å². The van der Waals surface area contributed by atoms with Crippen molar-refractivity contribution in [2.75, 3.05) is 12.3 Å². The largest absolute Gasteiger partial charge is 0.310 e. The Morgan fingerprint density at radius 3 is 3.11 bits per heavy atom. The second-order valence-corrected chi connectivity index (χ2v) is 6.77. The van der Waals surface area contributed by atoms with Crippen molar-refractivity contribution >= 4 is 23.1 Å². The van der Waals surface area contributed by atoms with E-state index in [1.807, 2.05) is 11.8 Å². The van der Waals surface area contributed by atoms with Gasteiger partial charge in [0.1, 0.15) is 10.0 Å². The van der Waals surface area contributed by atoms with E-state index in [1.54, 1.807) is 11.3 Å². The minimum atomic E-state index is 0.429. The van der Waals surface area contributed by atoms with Gasteiger partial charge in [-0.3, -0.25) is 0 Å². The minimum Gasteiger partial charge on any atom is -0.310 e. The van der Waals surface area contributed by atoms with Crippen LogP contribution in [-0.4, -0.2) is 22.5 Å². The summed E-state index contributed by atoms with van der Waals surface area (Å²) in [5.41, 5.74) is 1.41. The van der Waals surface area contributed by atoms with Crippen molar-refractivity contribution in [3.63, 3.8) is 0 Å². The Kier molecular flexibility index (Phi) is 4.15. The third kappa shape index (κ3) is 2.83. The molecule has 0 radical (unpaired) electrons. The normalized spacial score (nSPS) is 17.6. The Morgan fingerprint density at radius 1 is 1.32 bits per heavy atom. The van der Waals surface area contributed by atoms with Crippen LogP contribution in [0, 0.1) is 0 Å². The molecule has 3 rings (SSSR count). The summed E-state index contributed by atoms with van der Waals surface area (Å²) in [6.07, 6.45) is 1.15. The van der Waals surface area contributed by atoms with Crippen LogP contribution in [0.3, 0.4) is 0 Å². The summed E-state index contributed by atoms with van der Waals surface area (Å²) in [6.45, 7) is 4.05. The third-order valence-electron chi connectivity index (χ3n) is 3.18. The maximum absolute atomic E-state index is 4.39. The minimum absolute atomic E-state index is 0.429. The highest BCUT2D eigenvalue weighted by molar-refractivity contribution is 7.99. The van der Waals surface area contributed by atoms with Crippen LogP contribution in [0.15, 0.2) is 29.2 Å². The Labute approximate surface area is 121 Å². The Morgan fingerprint density at radius 2 is 2.21 bits per heavy atom. The van der Waals surface area contributed by atoms with Gasteiger partial charge < -0.3 is 5.32 Å². The van der Waals surface area contributed by atoms with Gasteiger partial charge in [0.15, 0.2) is 0 Å². The summed E-state index contributed by atoms with van der Waals surface area (Å²) in [4.78, 5) is 1.40. The van der Waals surface area contributed by atoms with Crippen LogP contribution in [0.5, 0.6) is 0 Å².